The summed E-state index contributed by atoms with van der Waals surface area (Å²) in [4.78, 5) is 26.1. The fourth-order valence-corrected chi connectivity index (χ4v) is 6.08. The Morgan fingerprint density at radius 1 is 1.05 bits per heavy atom. The average molecular weight is 565 g/mol. The number of aliphatic carboxylic acids is 1. The van der Waals surface area contributed by atoms with Gasteiger partial charge in [-0.25, -0.2) is 13.2 Å². The number of piperazine rings is 1. The maximum Gasteiger partial charge on any atom is 0.490 e. The van der Waals surface area contributed by atoms with Crippen molar-refractivity contribution in [3.63, 3.8) is 0 Å². The average Bonchev–Trinajstić information content (AvgIpc) is 2.85. The number of carboxylic acids is 1. The number of aryl methyl sites for hydroxylation is 1. The minimum Gasteiger partial charge on any atom is -0.475 e. The molecule has 0 radical (unpaired) electrons. The normalized spacial score (nSPS) is 21.1. The number of sulfonamides is 1. The van der Waals surface area contributed by atoms with Gasteiger partial charge in [0.05, 0.1) is 4.90 Å². The highest BCUT2D eigenvalue weighted by Crippen LogP contribution is 2.23. The van der Waals surface area contributed by atoms with Crippen LogP contribution in [0.3, 0.4) is 0 Å². The number of halogens is 3. The van der Waals surface area contributed by atoms with Gasteiger partial charge in [0.15, 0.2) is 0 Å². The maximum absolute atomic E-state index is 13.4. The number of nitrogens with zero attached hydrogens (tertiary/aromatic N) is 3. The molecule has 2 saturated heterocycles. The van der Waals surface area contributed by atoms with Crippen LogP contribution in [0.25, 0.3) is 0 Å². The molecule has 216 valence electrons. The monoisotopic (exact) mass is 564 g/mol. The zero-order chi connectivity index (χ0) is 28.5. The van der Waals surface area contributed by atoms with E-state index in [1.165, 1.54) is 10.7 Å². The highest BCUT2D eigenvalue weighted by molar-refractivity contribution is 7.89. The molecule has 2 N–H and O–H groups in total. The summed E-state index contributed by atoms with van der Waals surface area (Å²) < 4.78 is 60.1. The van der Waals surface area contributed by atoms with E-state index in [1.54, 1.807) is 12.1 Å². The van der Waals surface area contributed by atoms with Gasteiger partial charge in [0.25, 0.3) is 0 Å². The van der Waals surface area contributed by atoms with E-state index in [1.807, 2.05) is 24.0 Å². The van der Waals surface area contributed by atoms with Gasteiger partial charge < -0.3 is 15.3 Å². The van der Waals surface area contributed by atoms with Gasteiger partial charge in [-0.15, -0.1) is 0 Å². The fourth-order valence-electron chi connectivity index (χ4n) is 4.65. The number of alkyl halides is 3. The SMILES string of the molecule is Cc1ccc(S(=O)(=O)N(CCC(=O)N2CCNCC2)CCN2C(C)CCCC2C)cc1.O=C(O)C(F)(F)F. The van der Waals surface area contributed by atoms with E-state index in [2.05, 4.69) is 24.1 Å². The summed E-state index contributed by atoms with van der Waals surface area (Å²) in [6, 6.07) is 7.90. The third-order valence-electron chi connectivity index (χ3n) is 6.93. The van der Waals surface area contributed by atoms with Gasteiger partial charge in [-0.3, -0.25) is 9.69 Å². The van der Waals surface area contributed by atoms with Crippen molar-refractivity contribution in [1.82, 2.24) is 19.4 Å². The van der Waals surface area contributed by atoms with Gasteiger partial charge in [-0.2, -0.15) is 17.5 Å². The van der Waals surface area contributed by atoms with Crippen molar-refractivity contribution >= 4 is 21.9 Å². The van der Waals surface area contributed by atoms with Crippen molar-refractivity contribution in [3.05, 3.63) is 29.8 Å². The first kappa shape index (κ1) is 32.0. The number of benzene rings is 1. The number of carboxylic acid groups (broad SMARTS) is 1. The molecule has 0 aliphatic carbocycles. The molecule has 3 rings (SSSR count). The summed E-state index contributed by atoms with van der Waals surface area (Å²) in [7, 11) is -3.66. The van der Waals surface area contributed by atoms with Crippen LogP contribution in [-0.2, 0) is 19.6 Å². The highest BCUT2D eigenvalue weighted by Gasteiger charge is 2.38. The van der Waals surface area contributed by atoms with Crippen LogP contribution >= 0.6 is 0 Å². The van der Waals surface area contributed by atoms with Gasteiger partial charge >= 0.3 is 12.1 Å². The third kappa shape index (κ3) is 9.51. The van der Waals surface area contributed by atoms with Crippen LogP contribution in [-0.4, -0.2) is 104 Å². The van der Waals surface area contributed by atoms with Crippen LogP contribution in [0.15, 0.2) is 29.2 Å². The standard InChI is InChI=1S/C23H38N4O3S.C2HF3O2/c1-19-7-9-22(10-8-19)31(29,30)26(14-11-23(28)25-15-12-24-13-16-25)17-18-27-20(2)5-4-6-21(27)3;3-2(4,5)1(6)7/h7-10,20-21,24H,4-6,11-18H2,1-3H3;(H,6,7). The first-order chi connectivity index (χ1) is 17.7. The van der Waals surface area contributed by atoms with Crippen LogP contribution in [0.1, 0.15) is 45.1 Å². The molecule has 2 unspecified atom stereocenters. The van der Waals surface area contributed by atoms with Crippen LogP contribution in [0.2, 0.25) is 0 Å². The molecular weight excluding hydrogens is 525 g/mol. The maximum atomic E-state index is 13.4. The molecule has 2 aliphatic rings. The van der Waals surface area contributed by atoms with E-state index >= 15 is 0 Å². The Morgan fingerprint density at radius 2 is 1.58 bits per heavy atom. The van der Waals surface area contributed by atoms with Gasteiger partial charge in [-0.05, 0) is 45.7 Å². The van der Waals surface area contributed by atoms with Crippen molar-refractivity contribution in [2.45, 2.75) is 69.6 Å². The molecule has 0 aromatic heterocycles. The molecular formula is C25H39F3N4O5S. The molecule has 0 bridgehead atoms. The predicted octanol–water partition coefficient (Wildman–Crippen LogP) is 2.70. The summed E-state index contributed by atoms with van der Waals surface area (Å²) in [5, 5.41) is 10.4. The van der Waals surface area contributed by atoms with E-state index in [-0.39, 0.29) is 18.9 Å². The smallest absolute Gasteiger partial charge is 0.475 e. The summed E-state index contributed by atoms with van der Waals surface area (Å²) in [6.07, 6.45) is -1.34. The number of nitrogens with one attached hydrogen (secondary N) is 1. The van der Waals surface area contributed by atoms with Gasteiger partial charge in [0, 0.05) is 64.3 Å². The molecule has 0 spiro atoms. The second-order valence-electron chi connectivity index (χ2n) is 9.77. The Morgan fingerprint density at radius 3 is 2.08 bits per heavy atom. The van der Waals surface area contributed by atoms with Crippen molar-refractivity contribution in [3.8, 4) is 0 Å². The van der Waals surface area contributed by atoms with Crippen LogP contribution < -0.4 is 5.32 Å². The van der Waals surface area contributed by atoms with E-state index in [0.717, 1.165) is 31.5 Å². The topological polar surface area (TPSA) is 110 Å². The molecule has 1 aromatic carbocycles. The first-order valence-corrected chi connectivity index (χ1v) is 14.3. The minimum absolute atomic E-state index is 0.0327. The predicted molar refractivity (Wildman–Crippen MR) is 137 cm³/mol. The van der Waals surface area contributed by atoms with Crippen molar-refractivity contribution in [1.29, 1.82) is 0 Å². The quantitative estimate of drug-likeness (QED) is 0.500. The molecule has 1 aromatic rings. The molecule has 2 atom stereocenters. The molecule has 2 aliphatic heterocycles. The minimum atomic E-state index is -5.08. The molecule has 38 heavy (non-hydrogen) atoms. The number of carbonyl (C=O) groups is 2. The van der Waals surface area contributed by atoms with E-state index < -0.39 is 22.2 Å². The summed E-state index contributed by atoms with van der Waals surface area (Å²) in [6.45, 7) is 10.7. The lowest BCUT2D eigenvalue weighted by Gasteiger charge is -2.40. The lowest BCUT2D eigenvalue weighted by Crippen LogP contribution is -2.49. The van der Waals surface area contributed by atoms with Gasteiger partial charge in [0.1, 0.15) is 0 Å². The van der Waals surface area contributed by atoms with Crippen molar-refractivity contribution < 1.29 is 36.3 Å². The summed E-state index contributed by atoms with van der Waals surface area (Å²) >= 11 is 0. The number of amides is 1. The summed E-state index contributed by atoms with van der Waals surface area (Å²) in [5.41, 5.74) is 1.02. The Labute approximate surface area is 223 Å². The van der Waals surface area contributed by atoms with Crippen LogP contribution in [0.5, 0.6) is 0 Å². The lowest BCUT2D eigenvalue weighted by molar-refractivity contribution is -0.192. The molecule has 13 heteroatoms. The second kappa shape index (κ2) is 14.2. The fraction of sp³-hybridized carbons (Fsp3) is 0.680. The Kier molecular flexibility index (Phi) is 12.0. The van der Waals surface area contributed by atoms with Crippen molar-refractivity contribution in [2.24, 2.45) is 0 Å². The van der Waals surface area contributed by atoms with E-state index in [9.17, 15) is 26.4 Å². The number of likely N-dealkylation sites (tertiary alicyclic amines) is 1. The highest BCUT2D eigenvalue weighted by atomic mass is 32.2. The lowest BCUT2D eigenvalue weighted by atomic mass is 9.98. The molecule has 2 fully saturated rings. The van der Waals surface area contributed by atoms with Crippen LogP contribution in [0.4, 0.5) is 13.2 Å². The molecule has 0 saturated carbocycles. The van der Waals surface area contributed by atoms with E-state index in [0.29, 0.717) is 43.2 Å². The number of rotatable bonds is 8. The number of piperidine rings is 1. The zero-order valence-electron chi connectivity index (χ0n) is 22.2. The number of carbonyl (C=O) groups excluding carboxylic acids is 1. The largest absolute Gasteiger partial charge is 0.490 e. The molecule has 9 nitrogen and oxygen atoms in total. The Hall–Kier alpha value is -2.22. The number of hydrogen-bond donors (Lipinski definition) is 2. The van der Waals surface area contributed by atoms with Crippen LogP contribution in [0, 0.1) is 6.92 Å². The first-order valence-electron chi connectivity index (χ1n) is 12.8. The van der Waals surface area contributed by atoms with Crippen molar-refractivity contribution in [2.75, 3.05) is 45.8 Å². The summed E-state index contributed by atoms with van der Waals surface area (Å²) in [5.74, 6) is -2.72. The Bertz CT molecular complexity index is 1000. The van der Waals surface area contributed by atoms with E-state index in [4.69, 9.17) is 9.90 Å². The molecule has 1 amide bonds. The molecule has 2 heterocycles. The van der Waals surface area contributed by atoms with Gasteiger partial charge in [-0.1, -0.05) is 24.1 Å². The van der Waals surface area contributed by atoms with Gasteiger partial charge in [0.2, 0.25) is 15.9 Å². The third-order valence-corrected chi connectivity index (χ3v) is 8.84. The Balaban J connectivity index is 0.000000638. The number of hydrogen-bond acceptors (Lipinski definition) is 6. The second-order valence-corrected chi connectivity index (χ2v) is 11.7. The zero-order valence-corrected chi connectivity index (χ0v) is 23.0.